The maximum atomic E-state index is 11.4. The van der Waals surface area contributed by atoms with Gasteiger partial charge in [0.15, 0.2) is 0 Å². The summed E-state index contributed by atoms with van der Waals surface area (Å²) in [6.45, 7) is 1.59. The van der Waals surface area contributed by atoms with Crippen molar-refractivity contribution >= 4 is 6.09 Å². The molecule has 2 rings (SSSR count). The van der Waals surface area contributed by atoms with Crippen LogP contribution in [0.15, 0.2) is 0 Å². The van der Waals surface area contributed by atoms with E-state index in [2.05, 4.69) is 0 Å². The Bertz CT molecular complexity index is 271. The van der Waals surface area contributed by atoms with Crippen molar-refractivity contribution in [2.24, 2.45) is 0 Å². The molecule has 1 aliphatic carbocycles. The maximum Gasteiger partial charge on any atom is 0.411 e. The summed E-state index contributed by atoms with van der Waals surface area (Å²) in [7, 11) is 0. The van der Waals surface area contributed by atoms with Gasteiger partial charge in [-0.25, -0.2) is 4.79 Å². The summed E-state index contributed by atoms with van der Waals surface area (Å²) in [6.07, 6.45) is 14.5. The van der Waals surface area contributed by atoms with Crippen molar-refractivity contribution in [3.63, 3.8) is 0 Å². The van der Waals surface area contributed by atoms with Crippen molar-refractivity contribution in [1.82, 2.24) is 4.90 Å². The van der Waals surface area contributed by atoms with E-state index < -0.39 is 0 Å². The molecule has 4 nitrogen and oxygen atoms in total. The zero-order valence-corrected chi connectivity index (χ0v) is 12.6. The normalized spacial score (nSPS) is 24.0. The van der Waals surface area contributed by atoms with Gasteiger partial charge in [-0.1, -0.05) is 57.8 Å². The molecule has 4 heteroatoms. The molecule has 2 aliphatic rings. The molecular formula is C16H29NO3. The Balaban J connectivity index is 1.69. The van der Waals surface area contributed by atoms with Crippen molar-refractivity contribution < 1.29 is 14.3 Å². The van der Waals surface area contributed by atoms with Gasteiger partial charge in [0.05, 0.1) is 12.6 Å². The second kappa shape index (κ2) is 9.22. The Kier molecular flexibility index (Phi) is 7.20. The minimum absolute atomic E-state index is 0.224. The number of ether oxygens (including phenoxy) is 2. The smallest absolute Gasteiger partial charge is 0.411 e. The predicted octanol–water partition coefficient (Wildman–Crippen LogP) is 4.09. The highest BCUT2D eigenvalue weighted by molar-refractivity contribution is 5.69. The fourth-order valence-corrected chi connectivity index (χ4v) is 3.03. The highest BCUT2D eigenvalue weighted by Crippen LogP contribution is 2.19. The molecule has 0 unspecified atom stereocenters. The van der Waals surface area contributed by atoms with Crippen molar-refractivity contribution in [2.75, 3.05) is 19.9 Å². The van der Waals surface area contributed by atoms with Crippen molar-refractivity contribution in [3.05, 3.63) is 0 Å². The van der Waals surface area contributed by atoms with Gasteiger partial charge < -0.3 is 9.47 Å². The molecule has 2 fully saturated rings. The quantitative estimate of drug-likeness (QED) is 0.783. The van der Waals surface area contributed by atoms with Crippen LogP contribution in [0.3, 0.4) is 0 Å². The summed E-state index contributed by atoms with van der Waals surface area (Å²) in [4.78, 5) is 13.0. The first-order valence-electron chi connectivity index (χ1n) is 8.39. The lowest BCUT2D eigenvalue weighted by atomic mass is 9.99. The molecule has 0 atom stereocenters. The van der Waals surface area contributed by atoms with Gasteiger partial charge in [-0.3, -0.25) is 4.90 Å². The van der Waals surface area contributed by atoms with E-state index >= 15 is 0 Å². The minimum Gasteiger partial charge on any atom is -0.447 e. The topological polar surface area (TPSA) is 38.8 Å². The van der Waals surface area contributed by atoms with Crippen LogP contribution in [0.2, 0.25) is 0 Å². The van der Waals surface area contributed by atoms with Gasteiger partial charge in [-0.15, -0.1) is 0 Å². The molecule has 1 saturated carbocycles. The van der Waals surface area contributed by atoms with Crippen LogP contribution in [0.5, 0.6) is 0 Å². The summed E-state index contributed by atoms with van der Waals surface area (Å²) >= 11 is 0. The molecule has 0 bridgehead atoms. The largest absolute Gasteiger partial charge is 0.447 e. The number of hydrogen-bond donors (Lipinski definition) is 0. The molecule has 0 N–H and O–H groups in total. The van der Waals surface area contributed by atoms with E-state index in [1.807, 2.05) is 0 Å². The second-order valence-electron chi connectivity index (χ2n) is 6.05. The van der Waals surface area contributed by atoms with E-state index in [9.17, 15) is 4.79 Å². The Morgan fingerprint density at radius 1 is 0.950 bits per heavy atom. The van der Waals surface area contributed by atoms with Crippen molar-refractivity contribution in [3.8, 4) is 0 Å². The molecule has 116 valence electrons. The Labute approximate surface area is 122 Å². The van der Waals surface area contributed by atoms with Crippen LogP contribution < -0.4 is 0 Å². The summed E-state index contributed by atoms with van der Waals surface area (Å²) in [5.41, 5.74) is 0. The van der Waals surface area contributed by atoms with Gasteiger partial charge in [0.1, 0.15) is 13.3 Å². The van der Waals surface area contributed by atoms with Crippen molar-refractivity contribution in [2.45, 2.75) is 76.7 Å². The third-order valence-corrected chi connectivity index (χ3v) is 4.36. The molecule has 1 amide bonds. The van der Waals surface area contributed by atoms with Crippen molar-refractivity contribution in [1.29, 1.82) is 0 Å². The molecule has 0 aromatic carbocycles. The summed E-state index contributed by atoms with van der Waals surface area (Å²) < 4.78 is 10.9. The average Bonchev–Trinajstić information content (AvgIpc) is 2.84. The fourth-order valence-electron chi connectivity index (χ4n) is 3.03. The Morgan fingerprint density at radius 3 is 2.00 bits per heavy atom. The van der Waals surface area contributed by atoms with Crippen LogP contribution in [0.4, 0.5) is 4.79 Å². The third kappa shape index (κ3) is 5.70. The first-order valence-corrected chi connectivity index (χ1v) is 8.39. The predicted molar refractivity (Wildman–Crippen MR) is 78.6 cm³/mol. The number of rotatable bonds is 3. The van der Waals surface area contributed by atoms with Gasteiger partial charge in [0.2, 0.25) is 0 Å². The van der Waals surface area contributed by atoms with E-state index in [0.717, 1.165) is 12.8 Å². The lowest BCUT2D eigenvalue weighted by molar-refractivity contribution is -0.0126. The van der Waals surface area contributed by atoms with Crippen LogP contribution >= 0.6 is 0 Å². The second-order valence-corrected chi connectivity index (χ2v) is 6.05. The van der Waals surface area contributed by atoms with E-state index in [-0.39, 0.29) is 6.09 Å². The monoisotopic (exact) mass is 283 g/mol. The molecule has 1 aliphatic heterocycles. The lowest BCUT2D eigenvalue weighted by Gasteiger charge is -2.21. The third-order valence-electron chi connectivity index (χ3n) is 4.36. The van der Waals surface area contributed by atoms with Crippen LogP contribution in [-0.2, 0) is 9.47 Å². The van der Waals surface area contributed by atoms with E-state index in [1.165, 1.54) is 57.8 Å². The maximum absolute atomic E-state index is 11.4. The molecule has 1 saturated heterocycles. The number of carbonyl (C=O) groups is 1. The molecule has 0 aromatic heterocycles. The molecule has 20 heavy (non-hydrogen) atoms. The summed E-state index contributed by atoms with van der Waals surface area (Å²) in [5.74, 6) is 0. The first kappa shape index (κ1) is 15.6. The number of nitrogens with zero attached hydrogens (tertiary/aromatic N) is 1. The van der Waals surface area contributed by atoms with E-state index in [4.69, 9.17) is 9.47 Å². The Hall–Kier alpha value is -0.770. The van der Waals surface area contributed by atoms with Crippen LogP contribution in [0.25, 0.3) is 0 Å². The standard InChI is InChI=1S/C16H29NO3/c18-16-17(12-13-19-16)14-20-15-10-8-6-4-2-1-3-5-7-9-11-15/h15H,1-14H2. The van der Waals surface area contributed by atoms with Gasteiger partial charge in [0.25, 0.3) is 0 Å². The first-order chi connectivity index (χ1) is 9.86. The lowest BCUT2D eigenvalue weighted by Crippen LogP contribution is -2.30. The molecule has 0 aromatic rings. The molecular weight excluding hydrogens is 254 g/mol. The van der Waals surface area contributed by atoms with Gasteiger partial charge >= 0.3 is 6.09 Å². The number of cyclic esters (lactones) is 1. The number of amides is 1. The average molecular weight is 283 g/mol. The zero-order chi connectivity index (χ0) is 14.0. The molecule has 0 spiro atoms. The summed E-state index contributed by atoms with van der Waals surface area (Å²) in [6, 6.07) is 0. The minimum atomic E-state index is -0.224. The van der Waals surface area contributed by atoms with Crippen LogP contribution in [0, 0.1) is 0 Å². The molecule has 0 radical (unpaired) electrons. The fraction of sp³-hybridized carbons (Fsp3) is 0.938. The van der Waals surface area contributed by atoms with E-state index in [0.29, 0.717) is 26.0 Å². The van der Waals surface area contributed by atoms with Crippen LogP contribution in [0.1, 0.15) is 70.6 Å². The summed E-state index contributed by atoms with van der Waals surface area (Å²) in [5, 5.41) is 0. The number of hydrogen-bond acceptors (Lipinski definition) is 3. The van der Waals surface area contributed by atoms with Gasteiger partial charge in [-0.2, -0.15) is 0 Å². The SMILES string of the molecule is O=C1OCCN1COC1CCCCCCCCCCC1. The molecule has 1 heterocycles. The zero-order valence-electron chi connectivity index (χ0n) is 12.6. The number of carbonyl (C=O) groups excluding carboxylic acids is 1. The van der Waals surface area contributed by atoms with Gasteiger partial charge in [0, 0.05) is 0 Å². The van der Waals surface area contributed by atoms with Gasteiger partial charge in [-0.05, 0) is 12.8 Å². The highest BCUT2D eigenvalue weighted by Gasteiger charge is 2.23. The Morgan fingerprint density at radius 2 is 1.50 bits per heavy atom. The highest BCUT2D eigenvalue weighted by atomic mass is 16.6. The van der Waals surface area contributed by atoms with E-state index in [1.54, 1.807) is 4.90 Å². The van der Waals surface area contributed by atoms with Crippen LogP contribution in [-0.4, -0.2) is 37.0 Å².